The van der Waals surface area contributed by atoms with Crippen LogP contribution >= 0.6 is 23.2 Å². The number of anilines is 1. The number of hydrogen-bond donors (Lipinski definition) is 2. The van der Waals surface area contributed by atoms with Crippen LogP contribution in [0.15, 0.2) is 47.4 Å². The Bertz CT molecular complexity index is 889. The van der Waals surface area contributed by atoms with E-state index in [2.05, 4.69) is 0 Å². The van der Waals surface area contributed by atoms with Gasteiger partial charge < -0.3 is 4.74 Å². The predicted octanol–water partition coefficient (Wildman–Crippen LogP) is 2.71. The summed E-state index contributed by atoms with van der Waals surface area (Å²) in [5.41, 5.74) is 0.351. The van der Waals surface area contributed by atoms with E-state index in [1.165, 1.54) is 24.3 Å². The van der Waals surface area contributed by atoms with Gasteiger partial charge in [-0.1, -0.05) is 23.2 Å². The number of amides is 1. The first-order valence-electron chi connectivity index (χ1n) is 7.47. The van der Waals surface area contributed by atoms with Crippen LogP contribution in [0.25, 0.3) is 0 Å². The van der Waals surface area contributed by atoms with E-state index in [1.807, 2.05) is 0 Å². The Morgan fingerprint density at radius 3 is 2.35 bits per heavy atom. The first-order chi connectivity index (χ1) is 12.2. The van der Waals surface area contributed by atoms with Crippen LogP contribution in [-0.4, -0.2) is 20.9 Å². The number of rotatable bonds is 7. The molecule has 0 aliphatic heterocycles. The largest absolute Gasteiger partial charge is 0.492 e. The molecule has 0 aliphatic rings. The Balaban J connectivity index is 1.85. The highest BCUT2D eigenvalue weighted by atomic mass is 35.5. The molecule has 1 amide bonds. The second kappa shape index (κ2) is 8.70. The van der Waals surface area contributed by atoms with Gasteiger partial charge in [0.15, 0.2) is 0 Å². The lowest BCUT2D eigenvalue weighted by atomic mass is 10.2. The number of hydrazine groups is 1. The van der Waals surface area contributed by atoms with Crippen molar-refractivity contribution in [1.82, 2.24) is 0 Å². The van der Waals surface area contributed by atoms with Gasteiger partial charge in [-0.25, -0.2) is 24.4 Å². The van der Waals surface area contributed by atoms with Crippen molar-refractivity contribution in [3.8, 4) is 5.75 Å². The summed E-state index contributed by atoms with van der Waals surface area (Å²) >= 11 is 11.8. The Kier molecular flexibility index (Phi) is 6.85. The molecule has 0 fully saturated rings. The van der Waals surface area contributed by atoms with E-state index in [9.17, 15) is 13.2 Å². The van der Waals surface area contributed by atoms with E-state index in [0.717, 1.165) is 5.01 Å². The fourth-order valence-electron chi connectivity index (χ4n) is 2.06. The fraction of sp³-hybridized carbons (Fsp3) is 0.188. The topological polar surface area (TPSA) is 116 Å². The van der Waals surface area contributed by atoms with Crippen LogP contribution in [0.5, 0.6) is 5.75 Å². The van der Waals surface area contributed by atoms with E-state index in [0.29, 0.717) is 27.9 Å². The lowest BCUT2D eigenvalue weighted by Crippen LogP contribution is -2.37. The minimum absolute atomic E-state index is 0.0599. The SMILES string of the molecule is NN(C(=O)CCCOc1ccc(Cl)cc1Cl)c1ccc(S(N)(=O)=O)cc1. The van der Waals surface area contributed by atoms with Crippen LogP contribution in [-0.2, 0) is 14.8 Å². The molecule has 0 aromatic heterocycles. The van der Waals surface area contributed by atoms with Crippen LogP contribution in [0, 0.1) is 0 Å². The maximum Gasteiger partial charge on any atom is 0.241 e. The Morgan fingerprint density at radius 1 is 1.12 bits per heavy atom. The minimum atomic E-state index is -3.80. The van der Waals surface area contributed by atoms with Gasteiger partial charge in [0.2, 0.25) is 15.9 Å². The molecule has 0 heterocycles. The zero-order chi connectivity index (χ0) is 19.3. The quantitative estimate of drug-likeness (QED) is 0.311. The van der Waals surface area contributed by atoms with Gasteiger partial charge in [-0.3, -0.25) is 4.79 Å². The Labute approximate surface area is 161 Å². The average Bonchev–Trinajstić information content (AvgIpc) is 2.58. The summed E-state index contributed by atoms with van der Waals surface area (Å²) in [6.45, 7) is 0.269. The number of ether oxygens (including phenoxy) is 1. The van der Waals surface area contributed by atoms with Crippen molar-refractivity contribution >= 4 is 44.8 Å². The summed E-state index contributed by atoms with van der Waals surface area (Å²) in [6.07, 6.45) is 0.555. The number of sulfonamides is 1. The number of nitrogens with zero attached hydrogens (tertiary/aromatic N) is 1. The number of carbonyl (C=O) groups is 1. The molecule has 2 aromatic rings. The average molecular weight is 418 g/mol. The summed E-state index contributed by atoms with van der Waals surface area (Å²) in [4.78, 5) is 12.0. The normalized spacial score (nSPS) is 11.2. The van der Waals surface area contributed by atoms with Gasteiger partial charge in [-0.15, -0.1) is 0 Å². The fourth-order valence-corrected chi connectivity index (χ4v) is 3.04. The summed E-state index contributed by atoms with van der Waals surface area (Å²) in [5.74, 6) is 5.89. The molecule has 0 bridgehead atoms. The van der Waals surface area contributed by atoms with Crippen molar-refractivity contribution in [3.05, 3.63) is 52.5 Å². The molecule has 0 saturated carbocycles. The molecule has 140 valence electrons. The van der Waals surface area contributed by atoms with Crippen LogP contribution in [0.3, 0.4) is 0 Å². The molecule has 26 heavy (non-hydrogen) atoms. The van der Waals surface area contributed by atoms with E-state index < -0.39 is 10.0 Å². The van der Waals surface area contributed by atoms with Gasteiger partial charge in [0.25, 0.3) is 0 Å². The third-order valence-electron chi connectivity index (χ3n) is 3.40. The minimum Gasteiger partial charge on any atom is -0.492 e. The summed E-state index contributed by atoms with van der Waals surface area (Å²) in [7, 11) is -3.80. The highest BCUT2D eigenvalue weighted by Crippen LogP contribution is 2.27. The lowest BCUT2D eigenvalue weighted by molar-refractivity contribution is -0.118. The summed E-state index contributed by atoms with van der Waals surface area (Å²) < 4.78 is 27.9. The maximum atomic E-state index is 12.1. The third kappa shape index (κ3) is 5.58. The third-order valence-corrected chi connectivity index (χ3v) is 4.86. The van der Waals surface area contributed by atoms with E-state index in [-0.39, 0.29) is 23.8 Å². The molecular formula is C16H17Cl2N3O4S. The second-order valence-electron chi connectivity index (χ2n) is 5.33. The number of nitrogens with two attached hydrogens (primary N) is 2. The zero-order valence-corrected chi connectivity index (χ0v) is 15.9. The highest BCUT2D eigenvalue weighted by molar-refractivity contribution is 7.89. The van der Waals surface area contributed by atoms with Crippen LogP contribution in [0.1, 0.15) is 12.8 Å². The van der Waals surface area contributed by atoms with Crippen molar-refractivity contribution in [3.63, 3.8) is 0 Å². The summed E-state index contributed by atoms with van der Waals surface area (Å²) in [6, 6.07) is 10.2. The van der Waals surface area contributed by atoms with Gasteiger partial charge >= 0.3 is 0 Å². The molecule has 0 spiro atoms. The highest BCUT2D eigenvalue weighted by Gasteiger charge is 2.14. The molecule has 10 heteroatoms. The number of benzene rings is 2. The summed E-state index contributed by atoms with van der Waals surface area (Å²) in [5, 5.41) is 6.86. The number of halogens is 2. The second-order valence-corrected chi connectivity index (χ2v) is 7.73. The van der Waals surface area contributed by atoms with Crippen LogP contribution in [0.4, 0.5) is 5.69 Å². The standard InChI is InChI=1S/C16H17Cl2N3O4S/c17-11-3-8-15(14(18)10-11)25-9-1-2-16(22)21(19)12-4-6-13(7-5-12)26(20,23)24/h3-8,10H,1-2,9,19H2,(H2,20,23,24). The van der Waals surface area contributed by atoms with Crippen LogP contribution in [0.2, 0.25) is 10.0 Å². The zero-order valence-electron chi connectivity index (χ0n) is 13.6. The number of primary sulfonamides is 1. The van der Waals surface area contributed by atoms with Gasteiger partial charge in [-0.2, -0.15) is 0 Å². The lowest BCUT2D eigenvalue weighted by Gasteiger charge is -2.17. The molecule has 4 N–H and O–H groups in total. The van der Waals surface area contributed by atoms with Gasteiger partial charge in [0.1, 0.15) is 5.75 Å². The Hall–Kier alpha value is -1.84. The van der Waals surface area contributed by atoms with Crippen LogP contribution < -0.4 is 20.7 Å². The number of carbonyl (C=O) groups excluding carboxylic acids is 1. The van der Waals surface area contributed by atoms with E-state index >= 15 is 0 Å². The van der Waals surface area contributed by atoms with E-state index in [1.54, 1.807) is 18.2 Å². The molecule has 0 aliphatic carbocycles. The smallest absolute Gasteiger partial charge is 0.241 e. The molecule has 2 rings (SSSR count). The first kappa shape index (κ1) is 20.5. The Morgan fingerprint density at radius 2 is 1.77 bits per heavy atom. The van der Waals surface area contributed by atoms with Crippen molar-refractivity contribution in [2.24, 2.45) is 11.0 Å². The molecule has 0 radical (unpaired) electrons. The molecule has 0 unspecified atom stereocenters. The van der Waals surface area contributed by atoms with E-state index in [4.69, 9.17) is 38.9 Å². The van der Waals surface area contributed by atoms with Gasteiger partial charge in [-0.05, 0) is 48.9 Å². The van der Waals surface area contributed by atoms with Crippen molar-refractivity contribution < 1.29 is 17.9 Å². The van der Waals surface area contributed by atoms with Crippen molar-refractivity contribution in [2.45, 2.75) is 17.7 Å². The number of hydrogen-bond acceptors (Lipinski definition) is 5. The van der Waals surface area contributed by atoms with Gasteiger partial charge in [0, 0.05) is 11.4 Å². The van der Waals surface area contributed by atoms with Crippen molar-refractivity contribution in [2.75, 3.05) is 11.6 Å². The van der Waals surface area contributed by atoms with Gasteiger partial charge in [0.05, 0.1) is 22.2 Å². The predicted molar refractivity (Wildman–Crippen MR) is 101 cm³/mol. The van der Waals surface area contributed by atoms with Crippen molar-refractivity contribution in [1.29, 1.82) is 0 Å². The molecule has 2 aromatic carbocycles. The molecule has 0 saturated heterocycles. The molecule has 7 nitrogen and oxygen atoms in total. The molecule has 0 atom stereocenters. The molecular weight excluding hydrogens is 401 g/mol. The monoisotopic (exact) mass is 417 g/mol. The first-order valence-corrected chi connectivity index (χ1v) is 9.77. The maximum absolute atomic E-state index is 12.1.